The molecular weight excluding hydrogens is 334 g/mol. The zero-order valence-electron chi connectivity index (χ0n) is 14.6. The molecule has 0 aliphatic rings. The third-order valence-electron chi connectivity index (χ3n) is 4.24. The van der Waals surface area contributed by atoms with Gasteiger partial charge in [0.15, 0.2) is 0 Å². The van der Waals surface area contributed by atoms with Crippen LogP contribution in [0.3, 0.4) is 0 Å². The third-order valence-corrected chi connectivity index (χ3v) is 4.24. The highest BCUT2D eigenvalue weighted by atomic mass is 16.4. The van der Waals surface area contributed by atoms with Gasteiger partial charge in [0.2, 0.25) is 5.91 Å². The van der Waals surface area contributed by atoms with Crippen molar-refractivity contribution >= 4 is 23.3 Å². The van der Waals surface area contributed by atoms with Gasteiger partial charge in [0.25, 0.3) is 5.78 Å². The van der Waals surface area contributed by atoms with Crippen LogP contribution in [-0.2, 0) is 16.0 Å². The number of anilines is 1. The number of fused-ring (bicyclic) bond motifs is 1. The average molecular weight is 353 g/mol. The quantitative estimate of drug-likeness (QED) is 0.725. The van der Waals surface area contributed by atoms with Crippen LogP contribution in [0.2, 0.25) is 0 Å². The molecule has 0 aliphatic heterocycles. The first-order valence-electron chi connectivity index (χ1n) is 8.20. The molecule has 0 bridgehead atoms. The first kappa shape index (κ1) is 17.5. The largest absolute Gasteiger partial charge is 0.480 e. The van der Waals surface area contributed by atoms with Crippen molar-refractivity contribution in [2.24, 2.45) is 0 Å². The Hall–Kier alpha value is -3.29. The lowest BCUT2D eigenvalue weighted by molar-refractivity contribution is -0.136. The second-order valence-corrected chi connectivity index (χ2v) is 5.94. The Morgan fingerprint density at radius 2 is 1.92 bits per heavy atom. The smallest absolute Gasteiger partial charge is 0.323 e. The van der Waals surface area contributed by atoms with Crippen LogP contribution in [0, 0.1) is 13.8 Å². The number of hydrogen-bond acceptors (Lipinski definition) is 5. The molecule has 2 aromatic heterocycles. The van der Waals surface area contributed by atoms with Crippen molar-refractivity contribution in [1.29, 1.82) is 0 Å². The molecule has 0 saturated heterocycles. The first-order chi connectivity index (χ1) is 12.5. The molecule has 8 heteroatoms. The topological polar surface area (TPSA) is 101 Å². The number of aliphatic carboxylic acids is 1. The number of carbonyl (C=O) groups excluding carboxylic acids is 1. The number of aryl methyl sites for hydroxylation is 2. The molecule has 1 aromatic carbocycles. The molecule has 0 atom stereocenters. The molecule has 1 N–H and O–H groups in total. The molecular formula is C18H19N5O3. The lowest BCUT2D eigenvalue weighted by atomic mass is 10.1. The highest BCUT2D eigenvalue weighted by Crippen LogP contribution is 2.18. The van der Waals surface area contributed by atoms with E-state index < -0.39 is 5.97 Å². The lowest BCUT2D eigenvalue weighted by Gasteiger charge is -2.21. The Morgan fingerprint density at radius 1 is 1.19 bits per heavy atom. The zero-order valence-corrected chi connectivity index (χ0v) is 14.6. The Labute approximate surface area is 150 Å². The number of para-hydroxylation sites is 1. The summed E-state index contributed by atoms with van der Waals surface area (Å²) in [6, 6.07) is 8.81. The second kappa shape index (κ2) is 7.30. The Kier molecular flexibility index (Phi) is 4.92. The molecule has 8 nitrogen and oxygen atoms in total. The fraction of sp³-hybridized carbons (Fsp3) is 0.278. The van der Waals surface area contributed by atoms with E-state index in [1.165, 1.54) is 11.2 Å². The maximum atomic E-state index is 12.7. The highest BCUT2D eigenvalue weighted by Gasteiger charge is 2.20. The highest BCUT2D eigenvalue weighted by molar-refractivity contribution is 5.97. The van der Waals surface area contributed by atoms with Crippen LogP contribution >= 0.6 is 0 Å². The zero-order chi connectivity index (χ0) is 18.7. The van der Waals surface area contributed by atoms with Gasteiger partial charge in [-0.25, -0.2) is 9.50 Å². The summed E-state index contributed by atoms with van der Waals surface area (Å²) in [6.07, 6.45) is 2.06. The van der Waals surface area contributed by atoms with Crippen molar-refractivity contribution in [2.45, 2.75) is 26.7 Å². The second-order valence-electron chi connectivity index (χ2n) is 5.94. The molecule has 2 heterocycles. The predicted octanol–water partition coefficient (Wildman–Crippen LogP) is 1.79. The molecule has 134 valence electrons. The van der Waals surface area contributed by atoms with Crippen molar-refractivity contribution in [3.05, 3.63) is 53.6 Å². The van der Waals surface area contributed by atoms with Crippen LogP contribution < -0.4 is 4.90 Å². The number of hydrogen-bond donors (Lipinski definition) is 1. The fourth-order valence-electron chi connectivity index (χ4n) is 2.95. The van der Waals surface area contributed by atoms with Gasteiger partial charge in [-0.2, -0.15) is 10.1 Å². The van der Waals surface area contributed by atoms with Gasteiger partial charge in [0, 0.05) is 23.5 Å². The molecule has 0 spiro atoms. The fourth-order valence-corrected chi connectivity index (χ4v) is 2.95. The molecule has 0 fully saturated rings. The predicted molar refractivity (Wildman–Crippen MR) is 95.0 cm³/mol. The average Bonchev–Trinajstić information content (AvgIpc) is 3.08. The summed E-state index contributed by atoms with van der Waals surface area (Å²) in [5, 5.41) is 13.3. The maximum Gasteiger partial charge on any atom is 0.323 e. The minimum atomic E-state index is -1.06. The van der Waals surface area contributed by atoms with Gasteiger partial charge in [0.05, 0.1) is 0 Å². The van der Waals surface area contributed by atoms with Crippen molar-refractivity contribution < 1.29 is 14.7 Å². The number of nitrogens with zero attached hydrogens (tertiary/aromatic N) is 5. The third kappa shape index (κ3) is 3.53. The summed E-state index contributed by atoms with van der Waals surface area (Å²) in [6.45, 7) is 3.40. The van der Waals surface area contributed by atoms with Gasteiger partial charge < -0.3 is 10.0 Å². The minimum absolute atomic E-state index is 0.172. The molecule has 0 saturated carbocycles. The number of carbonyl (C=O) groups is 2. The lowest BCUT2D eigenvalue weighted by Crippen LogP contribution is -2.35. The van der Waals surface area contributed by atoms with Crippen LogP contribution in [0.15, 0.2) is 36.7 Å². The summed E-state index contributed by atoms with van der Waals surface area (Å²) < 4.78 is 1.64. The number of rotatable bonds is 6. The van der Waals surface area contributed by atoms with Crippen molar-refractivity contribution in [1.82, 2.24) is 19.6 Å². The van der Waals surface area contributed by atoms with Crippen molar-refractivity contribution in [2.75, 3.05) is 11.4 Å². The van der Waals surface area contributed by atoms with E-state index in [9.17, 15) is 9.59 Å². The van der Waals surface area contributed by atoms with Gasteiger partial charge in [0.1, 0.15) is 12.9 Å². The van der Waals surface area contributed by atoms with E-state index in [2.05, 4.69) is 15.1 Å². The molecule has 0 aliphatic carbocycles. The summed E-state index contributed by atoms with van der Waals surface area (Å²) in [4.78, 5) is 33.6. The number of carboxylic acid groups (broad SMARTS) is 1. The number of amides is 1. The van der Waals surface area contributed by atoms with Gasteiger partial charge in [-0.3, -0.25) is 9.59 Å². The molecule has 26 heavy (non-hydrogen) atoms. The van der Waals surface area contributed by atoms with E-state index >= 15 is 0 Å². The minimum Gasteiger partial charge on any atom is -0.480 e. The van der Waals surface area contributed by atoms with Gasteiger partial charge in [-0.15, -0.1) is 0 Å². The summed E-state index contributed by atoms with van der Waals surface area (Å²) in [5.74, 6) is -0.789. The Bertz CT molecular complexity index is 952. The summed E-state index contributed by atoms with van der Waals surface area (Å²) in [7, 11) is 0. The Balaban J connectivity index is 1.81. The number of aromatic nitrogens is 4. The van der Waals surface area contributed by atoms with Gasteiger partial charge in [-0.05, 0) is 38.0 Å². The van der Waals surface area contributed by atoms with Crippen molar-refractivity contribution in [3.8, 4) is 0 Å². The van der Waals surface area contributed by atoms with E-state index in [0.29, 0.717) is 17.9 Å². The maximum absolute atomic E-state index is 12.7. The van der Waals surface area contributed by atoms with Crippen LogP contribution in [0.25, 0.3) is 5.78 Å². The standard InChI is InChI=1S/C18H19N5O3/c1-12-15(13(2)23-18(21-12)19-11-20-23)8-9-16(24)22(10-17(25)26)14-6-4-3-5-7-14/h3-7,11H,8-10H2,1-2H3,(H,25,26). The summed E-state index contributed by atoms with van der Waals surface area (Å²) >= 11 is 0. The van der Waals surface area contributed by atoms with Crippen LogP contribution in [0.4, 0.5) is 5.69 Å². The van der Waals surface area contributed by atoms with E-state index in [0.717, 1.165) is 17.0 Å². The van der Waals surface area contributed by atoms with E-state index in [1.54, 1.807) is 28.8 Å². The van der Waals surface area contributed by atoms with Gasteiger partial charge in [-0.1, -0.05) is 18.2 Å². The van der Waals surface area contributed by atoms with Crippen LogP contribution in [0.5, 0.6) is 0 Å². The molecule has 3 aromatic rings. The monoisotopic (exact) mass is 353 g/mol. The molecule has 3 rings (SSSR count). The van der Waals surface area contributed by atoms with Crippen molar-refractivity contribution in [3.63, 3.8) is 0 Å². The van der Waals surface area contributed by atoms with Gasteiger partial charge >= 0.3 is 5.97 Å². The SMILES string of the molecule is Cc1nc2ncnn2c(C)c1CCC(=O)N(CC(=O)O)c1ccccc1. The normalized spacial score (nSPS) is 10.8. The van der Waals surface area contributed by atoms with E-state index in [1.807, 2.05) is 19.9 Å². The molecule has 0 radical (unpaired) electrons. The molecule has 0 unspecified atom stereocenters. The van der Waals surface area contributed by atoms with E-state index in [-0.39, 0.29) is 18.9 Å². The summed E-state index contributed by atoms with van der Waals surface area (Å²) in [5.41, 5.74) is 3.15. The molecule has 1 amide bonds. The van der Waals surface area contributed by atoms with Crippen LogP contribution in [0.1, 0.15) is 23.4 Å². The first-order valence-corrected chi connectivity index (χ1v) is 8.20. The van der Waals surface area contributed by atoms with E-state index in [4.69, 9.17) is 5.11 Å². The number of carboxylic acids is 1. The number of benzene rings is 1. The Morgan fingerprint density at radius 3 is 2.62 bits per heavy atom. The van der Waals surface area contributed by atoms with Crippen LogP contribution in [-0.4, -0.2) is 43.1 Å².